The molecule has 3 nitrogen and oxygen atoms in total. The Morgan fingerprint density at radius 2 is 1.82 bits per heavy atom. The van der Waals surface area contributed by atoms with Gasteiger partial charge in [-0.1, -0.05) is 61.3 Å². The SMILES string of the molecule is Cc1ccc(C(C)(C)CNC(=O)Nc2cccc(Cl)c2)cc1. The minimum atomic E-state index is -0.234. The number of anilines is 1. The topological polar surface area (TPSA) is 41.1 Å². The largest absolute Gasteiger partial charge is 0.337 e. The van der Waals surface area contributed by atoms with Crippen molar-refractivity contribution in [3.63, 3.8) is 0 Å². The predicted octanol–water partition coefficient (Wildman–Crippen LogP) is 4.75. The number of carbonyl (C=O) groups excluding carboxylic acids is 1. The fourth-order valence-electron chi connectivity index (χ4n) is 2.15. The minimum Gasteiger partial charge on any atom is -0.337 e. The zero-order valence-corrected chi connectivity index (χ0v) is 13.9. The van der Waals surface area contributed by atoms with Crippen molar-refractivity contribution in [2.24, 2.45) is 0 Å². The zero-order chi connectivity index (χ0) is 16.2. The summed E-state index contributed by atoms with van der Waals surface area (Å²) in [5, 5.41) is 6.29. The smallest absolute Gasteiger partial charge is 0.319 e. The molecule has 116 valence electrons. The number of rotatable bonds is 4. The highest BCUT2D eigenvalue weighted by Crippen LogP contribution is 2.22. The standard InChI is InChI=1S/C18H21ClN2O/c1-13-7-9-14(10-8-13)18(2,3)12-20-17(22)21-16-6-4-5-15(19)11-16/h4-11H,12H2,1-3H3,(H2,20,21,22). The van der Waals surface area contributed by atoms with E-state index in [1.807, 2.05) is 0 Å². The molecule has 22 heavy (non-hydrogen) atoms. The summed E-state index contributed by atoms with van der Waals surface area (Å²) in [4.78, 5) is 12.0. The molecule has 2 aromatic carbocycles. The quantitative estimate of drug-likeness (QED) is 0.839. The third-order valence-corrected chi connectivity index (χ3v) is 3.84. The molecule has 0 unspecified atom stereocenters. The van der Waals surface area contributed by atoms with Crippen LogP contribution in [0.15, 0.2) is 48.5 Å². The lowest BCUT2D eigenvalue weighted by Gasteiger charge is -2.26. The summed E-state index contributed by atoms with van der Waals surface area (Å²) in [6, 6.07) is 15.2. The Kier molecular flexibility index (Phi) is 5.09. The average molecular weight is 317 g/mol. The lowest BCUT2D eigenvalue weighted by Crippen LogP contribution is -2.38. The van der Waals surface area contributed by atoms with Crippen LogP contribution in [-0.4, -0.2) is 12.6 Å². The molecular weight excluding hydrogens is 296 g/mol. The van der Waals surface area contributed by atoms with E-state index >= 15 is 0 Å². The van der Waals surface area contributed by atoms with Gasteiger partial charge in [-0.15, -0.1) is 0 Å². The predicted molar refractivity (Wildman–Crippen MR) is 92.7 cm³/mol. The molecule has 0 saturated heterocycles. The number of hydrogen-bond acceptors (Lipinski definition) is 1. The molecule has 0 aliphatic carbocycles. The van der Waals surface area contributed by atoms with Crippen molar-refractivity contribution < 1.29 is 4.79 Å². The molecule has 0 spiro atoms. The molecule has 2 rings (SSSR count). The van der Waals surface area contributed by atoms with Gasteiger partial charge >= 0.3 is 6.03 Å². The highest BCUT2D eigenvalue weighted by molar-refractivity contribution is 6.30. The first-order chi connectivity index (χ1) is 10.4. The maximum absolute atomic E-state index is 12.0. The number of amides is 2. The van der Waals surface area contributed by atoms with Crippen molar-refractivity contribution in [3.8, 4) is 0 Å². The molecule has 0 radical (unpaired) electrons. The van der Waals surface area contributed by atoms with Crippen molar-refractivity contribution >= 4 is 23.3 Å². The van der Waals surface area contributed by atoms with Gasteiger partial charge in [0.05, 0.1) is 0 Å². The van der Waals surface area contributed by atoms with E-state index in [1.54, 1.807) is 24.3 Å². The molecule has 0 aliphatic rings. The van der Waals surface area contributed by atoms with E-state index in [9.17, 15) is 4.79 Å². The Balaban J connectivity index is 1.93. The number of nitrogens with one attached hydrogen (secondary N) is 2. The van der Waals surface area contributed by atoms with Crippen LogP contribution < -0.4 is 10.6 Å². The Morgan fingerprint density at radius 1 is 1.14 bits per heavy atom. The van der Waals surface area contributed by atoms with Crippen LogP contribution >= 0.6 is 11.6 Å². The molecule has 0 aromatic heterocycles. The van der Waals surface area contributed by atoms with Gasteiger partial charge in [-0.2, -0.15) is 0 Å². The number of aryl methyl sites for hydroxylation is 1. The van der Waals surface area contributed by atoms with E-state index in [0.717, 1.165) is 0 Å². The summed E-state index contributed by atoms with van der Waals surface area (Å²) in [5.41, 5.74) is 2.96. The number of urea groups is 1. The summed E-state index contributed by atoms with van der Waals surface area (Å²) >= 11 is 5.90. The highest BCUT2D eigenvalue weighted by atomic mass is 35.5. The van der Waals surface area contributed by atoms with Crippen LogP contribution in [-0.2, 0) is 5.41 Å². The monoisotopic (exact) mass is 316 g/mol. The molecule has 2 N–H and O–H groups in total. The van der Waals surface area contributed by atoms with Gasteiger partial charge in [-0.3, -0.25) is 0 Å². The Hall–Kier alpha value is -2.00. The second-order valence-corrected chi connectivity index (χ2v) is 6.50. The van der Waals surface area contributed by atoms with Crippen LogP contribution in [0.3, 0.4) is 0 Å². The van der Waals surface area contributed by atoms with Crippen molar-refractivity contribution in [3.05, 3.63) is 64.7 Å². The molecule has 2 aromatic rings. The fourth-order valence-corrected chi connectivity index (χ4v) is 2.34. The third kappa shape index (κ3) is 4.50. The molecular formula is C18H21ClN2O. The van der Waals surface area contributed by atoms with Gasteiger partial charge in [0.2, 0.25) is 0 Å². The van der Waals surface area contributed by atoms with Gasteiger partial charge in [-0.05, 0) is 30.7 Å². The van der Waals surface area contributed by atoms with Crippen LogP contribution in [0.1, 0.15) is 25.0 Å². The van der Waals surface area contributed by atoms with E-state index in [2.05, 4.69) is 55.7 Å². The normalized spacial score (nSPS) is 11.1. The van der Waals surface area contributed by atoms with Gasteiger partial charge in [0.1, 0.15) is 0 Å². The molecule has 0 aliphatic heterocycles. The first kappa shape index (κ1) is 16.4. The maximum Gasteiger partial charge on any atom is 0.319 e. The molecule has 4 heteroatoms. The first-order valence-electron chi connectivity index (χ1n) is 7.24. The Labute approximate surface area is 136 Å². The zero-order valence-electron chi connectivity index (χ0n) is 13.1. The molecule has 0 heterocycles. The van der Waals surface area contributed by atoms with Crippen molar-refractivity contribution in [1.29, 1.82) is 0 Å². The van der Waals surface area contributed by atoms with Crippen LogP contribution in [0.25, 0.3) is 0 Å². The van der Waals surface area contributed by atoms with Crippen molar-refractivity contribution in [1.82, 2.24) is 5.32 Å². The van der Waals surface area contributed by atoms with Gasteiger partial charge in [0.15, 0.2) is 0 Å². The van der Waals surface area contributed by atoms with Crippen LogP contribution in [0.4, 0.5) is 10.5 Å². The van der Waals surface area contributed by atoms with E-state index < -0.39 is 0 Å². The van der Waals surface area contributed by atoms with Crippen LogP contribution in [0.2, 0.25) is 5.02 Å². The Morgan fingerprint density at radius 3 is 2.45 bits per heavy atom. The van der Waals surface area contributed by atoms with Crippen LogP contribution in [0, 0.1) is 6.92 Å². The lowest BCUT2D eigenvalue weighted by atomic mass is 9.84. The fraction of sp³-hybridized carbons (Fsp3) is 0.278. The van der Waals surface area contributed by atoms with Gasteiger partial charge < -0.3 is 10.6 Å². The maximum atomic E-state index is 12.0. The van der Waals surface area contributed by atoms with Crippen molar-refractivity contribution in [2.45, 2.75) is 26.2 Å². The van der Waals surface area contributed by atoms with Crippen LogP contribution in [0.5, 0.6) is 0 Å². The minimum absolute atomic E-state index is 0.140. The number of carbonyl (C=O) groups is 1. The Bertz CT molecular complexity index is 650. The van der Waals surface area contributed by atoms with E-state index in [1.165, 1.54) is 11.1 Å². The second-order valence-electron chi connectivity index (χ2n) is 6.07. The lowest BCUT2D eigenvalue weighted by molar-refractivity contribution is 0.249. The molecule has 0 bridgehead atoms. The molecule has 0 fully saturated rings. The number of hydrogen-bond donors (Lipinski definition) is 2. The van der Waals surface area contributed by atoms with Gasteiger partial charge in [-0.25, -0.2) is 4.79 Å². The van der Waals surface area contributed by atoms with Gasteiger partial charge in [0.25, 0.3) is 0 Å². The van der Waals surface area contributed by atoms with Gasteiger partial charge in [0, 0.05) is 22.7 Å². The number of benzene rings is 2. The molecule has 0 atom stereocenters. The first-order valence-corrected chi connectivity index (χ1v) is 7.62. The highest BCUT2D eigenvalue weighted by Gasteiger charge is 2.21. The average Bonchev–Trinajstić information content (AvgIpc) is 2.46. The molecule has 0 saturated carbocycles. The van der Waals surface area contributed by atoms with Crippen molar-refractivity contribution in [2.75, 3.05) is 11.9 Å². The number of halogens is 1. The summed E-state index contributed by atoms with van der Waals surface area (Å²) in [6.45, 7) is 6.82. The summed E-state index contributed by atoms with van der Waals surface area (Å²) in [7, 11) is 0. The molecule has 2 amide bonds. The third-order valence-electron chi connectivity index (χ3n) is 3.61. The van der Waals surface area contributed by atoms with E-state index in [0.29, 0.717) is 17.3 Å². The summed E-state index contributed by atoms with van der Waals surface area (Å²) < 4.78 is 0. The van der Waals surface area contributed by atoms with E-state index in [-0.39, 0.29) is 11.4 Å². The van der Waals surface area contributed by atoms with E-state index in [4.69, 9.17) is 11.6 Å². The second kappa shape index (κ2) is 6.84. The summed E-state index contributed by atoms with van der Waals surface area (Å²) in [5.74, 6) is 0. The summed E-state index contributed by atoms with van der Waals surface area (Å²) in [6.07, 6.45) is 0.